The Hall–Kier alpha value is -3.13. The van der Waals surface area contributed by atoms with E-state index >= 15 is 0 Å². The highest BCUT2D eigenvalue weighted by molar-refractivity contribution is 7.12. The molecule has 0 aliphatic carbocycles. The number of Topliss-reactive ketones (excluding diaryl/α,β-unsaturated/α-hetero) is 1. The van der Waals surface area contributed by atoms with E-state index in [0.29, 0.717) is 18.4 Å². The highest BCUT2D eigenvalue weighted by Gasteiger charge is 2.22. The second-order valence-corrected chi connectivity index (χ2v) is 8.04. The van der Waals surface area contributed by atoms with Crippen molar-refractivity contribution in [2.45, 2.75) is 46.0 Å². The summed E-state index contributed by atoms with van der Waals surface area (Å²) in [4.78, 5) is 37.6. The van der Waals surface area contributed by atoms with Crippen LogP contribution in [0.25, 0.3) is 6.08 Å². The summed E-state index contributed by atoms with van der Waals surface area (Å²) in [5.41, 5.74) is -0.922. The minimum absolute atomic E-state index is 0.211. The van der Waals surface area contributed by atoms with Crippen LogP contribution in [0.1, 0.15) is 65.4 Å². The molecule has 0 saturated carbocycles. The van der Waals surface area contributed by atoms with Gasteiger partial charge in [-0.15, -0.1) is 11.3 Å². The number of hydrogen-bond acceptors (Lipinski definition) is 6. The highest BCUT2D eigenvalue weighted by Crippen LogP contribution is 2.27. The van der Waals surface area contributed by atoms with Crippen molar-refractivity contribution in [2.75, 3.05) is 0 Å². The van der Waals surface area contributed by atoms with Crippen LogP contribution >= 0.6 is 11.3 Å². The number of carbonyl (C=O) groups is 2. The molecule has 0 radical (unpaired) electrons. The maximum atomic E-state index is 12.7. The van der Waals surface area contributed by atoms with Gasteiger partial charge in [-0.3, -0.25) is 10.1 Å². The van der Waals surface area contributed by atoms with Gasteiger partial charge in [0.05, 0.1) is 0 Å². The predicted molar refractivity (Wildman–Crippen MR) is 116 cm³/mol. The maximum Gasteiger partial charge on any atom is 0.408 e. The summed E-state index contributed by atoms with van der Waals surface area (Å²) < 4.78 is 5.29. The molecule has 0 aromatic carbocycles. The lowest BCUT2D eigenvalue weighted by Gasteiger charge is -2.11. The minimum Gasteiger partial charge on any atom is -0.507 e. The van der Waals surface area contributed by atoms with Crippen molar-refractivity contribution >= 4 is 29.3 Å². The zero-order valence-electron chi connectivity index (χ0n) is 17.1. The Bertz CT molecular complexity index is 1030. The number of aryl methyl sites for hydroxylation is 1. The quantitative estimate of drug-likeness (QED) is 0.383. The van der Waals surface area contributed by atoms with Crippen molar-refractivity contribution in [3.63, 3.8) is 0 Å². The van der Waals surface area contributed by atoms with E-state index in [-0.39, 0.29) is 17.2 Å². The number of amides is 1. The standard InChI is InChI=1S/C22H25NO6S/c1-4-15-8-9-16(30-15)11-14(3)20(25)19-17(24)12-18(29-21(19)26)13(2)7-5-6-10-23-22(27)28/h6,8-13,23-24H,4-5,7H2,1-3H3,(H,27,28)/b10-6+,14-11+. The molecule has 0 aliphatic rings. The van der Waals surface area contributed by atoms with E-state index in [1.165, 1.54) is 17.1 Å². The molecule has 3 N–H and O–H groups in total. The summed E-state index contributed by atoms with van der Waals surface area (Å²) in [5, 5.41) is 20.9. The van der Waals surface area contributed by atoms with Gasteiger partial charge in [0, 0.05) is 27.9 Å². The molecule has 0 bridgehead atoms. The summed E-state index contributed by atoms with van der Waals surface area (Å²) in [7, 11) is 0. The number of nitrogens with one attached hydrogen (secondary N) is 1. The molecule has 0 spiro atoms. The van der Waals surface area contributed by atoms with Crippen LogP contribution in [0, 0.1) is 0 Å². The molecule has 0 fully saturated rings. The molecule has 8 heteroatoms. The Balaban J connectivity index is 2.15. The van der Waals surface area contributed by atoms with Gasteiger partial charge < -0.3 is 14.6 Å². The molecule has 0 aliphatic heterocycles. The smallest absolute Gasteiger partial charge is 0.408 e. The van der Waals surface area contributed by atoms with Crippen molar-refractivity contribution in [3.8, 4) is 5.75 Å². The Morgan fingerprint density at radius 3 is 2.67 bits per heavy atom. The van der Waals surface area contributed by atoms with Crippen LogP contribution in [-0.4, -0.2) is 22.1 Å². The molecular weight excluding hydrogens is 406 g/mol. The monoisotopic (exact) mass is 431 g/mol. The molecule has 7 nitrogen and oxygen atoms in total. The van der Waals surface area contributed by atoms with Crippen molar-refractivity contribution < 1.29 is 24.2 Å². The van der Waals surface area contributed by atoms with Crippen molar-refractivity contribution in [1.82, 2.24) is 5.32 Å². The van der Waals surface area contributed by atoms with Crippen LogP contribution in [0.4, 0.5) is 4.79 Å². The molecule has 1 unspecified atom stereocenters. The topological polar surface area (TPSA) is 117 Å². The fraction of sp³-hybridized carbons (Fsp3) is 0.318. The molecule has 2 aromatic rings. The molecule has 2 rings (SSSR count). The third kappa shape index (κ3) is 6.18. The van der Waals surface area contributed by atoms with E-state index in [9.17, 15) is 19.5 Å². The first-order chi connectivity index (χ1) is 14.2. The summed E-state index contributed by atoms with van der Waals surface area (Å²) in [6, 6.07) is 5.20. The van der Waals surface area contributed by atoms with E-state index < -0.39 is 23.3 Å². The van der Waals surface area contributed by atoms with Gasteiger partial charge in [0.25, 0.3) is 0 Å². The van der Waals surface area contributed by atoms with Crippen LogP contribution in [0.15, 0.2) is 45.3 Å². The average molecular weight is 432 g/mol. The third-order valence-electron chi connectivity index (χ3n) is 4.50. The summed E-state index contributed by atoms with van der Waals surface area (Å²) in [5.74, 6) is -0.928. The van der Waals surface area contributed by atoms with E-state index in [1.807, 2.05) is 26.0 Å². The Morgan fingerprint density at radius 2 is 2.07 bits per heavy atom. The third-order valence-corrected chi connectivity index (χ3v) is 5.68. The zero-order chi connectivity index (χ0) is 22.3. The van der Waals surface area contributed by atoms with E-state index in [2.05, 4.69) is 5.32 Å². The average Bonchev–Trinajstić information content (AvgIpc) is 3.14. The van der Waals surface area contributed by atoms with E-state index in [1.54, 1.807) is 30.4 Å². The molecule has 0 saturated heterocycles. The van der Waals surface area contributed by atoms with Crippen LogP contribution < -0.4 is 10.9 Å². The number of carboxylic acid groups (broad SMARTS) is 1. The van der Waals surface area contributed by atoms with Crippen LogP contribution in [-0.2, 0) is 6.42 Å². The van der Waals surface area contributed by atoms with Crippen molar-refractivity contribution in [3.05, 3.63) is 67.5 Å². The van der Waals surface area contributed by atoms with Gasteiger partial charge in [-0.25, -0.2) is 9.59 Å². The Kier molecular flexibility index (Phi) is 8.17. The first-order valence-electron chi connectivity index (χ1n) is 9.56. The van der Waals surface area contributed by atoms with Crippen LogP contribution in [0.5, 0.6) is 5.75 Å². The number of thiophene rings is 1. The first-order valence-corrected chi connectivity index (χ1v) is 10.4. The zero-order valence-corrected chi connectivity index (χ0v) is 17.9. The van der Waals surface area contributed by atoms with Gasteiger partial charge in [0.2, 0.25) is 0 Å². The normalized spacial score (nSPS) is 12.8. The largest absolute Gasteiger partial charge is 0.507 e. The SMILES string of the molecule is CCc1ccc(/C=C(\C)C(=O)c2c(O)cc(C(C)CC/C=C/NC(=O)O)oc2=O)s1. The lowest BCUT2D eigenvalue weighted by atomic mass is 10.00. The number of carbonyl (C=O) groups excluding carboxylic acids is 1. The lowest BCUT2D eigenvalue weighted by Crippen LogP contribution is -2.16. The predicted octanol–water partition coefficient (Wildman–Crippen LogP) is 4.92. The number of ketones is 1. The molecule has 1 atom stereocenters. The van der Waals surface area contributed by atoms with Gasteiger partial charge in [0.15, 0.2) is 5.78 Å². The highest BCUT2D eigenvalue weighted by atomic mass is 32.1. The Labute approximate surface area is 178 Å². The van der Waals surface area contributed by atoms with Gasteiger partial charge in [0.1, 0.15) is 17.1 Å². The molecule has 1 amide bonds. The fourth-order valence-electron chi connectivity index (χ4n) is 2.79. The summed E-state index contributed by atoms with van der Waals surface area (Å²) in [6.07, 6.45) is 5.50. The van der Waals surface area contributed by atoms with Gasteiger partial charge in [-0.2, -0.15) is 0 Å². The molecule has 30 heavy (non-hydrogen) atoms. The Morgan fingerprint density at radius 1 is 1.33 bits per heavy atom. The molecule has 2 aromatic heterocycles. The molecule has 2 heterocycles. The van der Waals surface area contributed by atoms with Gasteiger partial charge in [-0.05, 0) is 50.0 Å². The van der Waals surface area contributed by atoms with Crippen LogP contribution in [0.3, 0.4) is 0 Å². The number of allylic oxidation sites excluding steroid dienone is 2. The second-order valence-electron chi connectivity index (χ2n) is 6.84. The maximum absolute atomic E-state index is 12.7. The van der Waals surface area contributed by atoms with Crippen LogP contribution in [0.2, 0.25) is 0 Å². The van der Waals surface area contributed by atoms with Gasteiger partial charge >= 0.3 is 11.7 Å². The van der Waals surface area contributed by atoms with Gasteiger partial charge in [-0.1, -0.05) is 19.9 Å². The summed E-state index contributed by atoms with van der Waals surface area (Å²) in [6.45, 7) is 5.46. The fourth-order valence-corrected chi connectivity index (χ4v) is 3.75. The first kappa shape index (κ1) is 23.2. The van der Waals surface area contributed by atoms with E-state index in [4.69, 9.17) is 9.52 Å². The van der Waals surface area contributed by atoms with Crippen molar-refractivity contribution in [2.24, 2.45) is 0 Å². The number of hydrogen-bond donors (Lipinski definition) is 3. The van der Waals surface area contributed by atoms with Crippen molar-refractivity contribution in [1.29, 1.82) is 0 Å². The molecule has 160 valence electrons. The summed E-state index contributed by atoms with van der Waals surface area (Å²) >= 11 is 1.57. The second kappa shape index (κ2) is 10.6. The lowest BCUT2D eigenvalue weighted by molar-refractivity contribution is 0.102. The molecular formula is C22H25NO6S. The van der Waals surface area contributed by atoms with E-state index in [0.717, 1.165) is 11.3 Å². The number of rotatable bonds is 9. The number of aromatic hydroxyl groups is 1. The minimum atomic E-state index is -1.15.